The summed E-state index contributed by atoms with van der Waals surface area (Å²) in [6.45, 7) is 8.31. The Morgan fingerprint density at radius 1 is 1.30 bits per heavy atom. The SMILES string of the molecule is COc1cccc(-c2nc3c([nH]2)CN(Cc2cncn2CC(C)C)CC3)c1. The first-order valence-corrected chi connectivity index (χ1v) is 9.56. The van der Waals surface area contributed by atoms with Crippen LogP contribution in [-0.4, -0.2) is 38.1 Å². The Labute approximate surface area is 160 Å². The van der Waals surface area contributed by atoms with E-state index in [2.05, 4.69) is 39.3 Å². The molecule has 0 aliphatic carbocycles. The van der Waals surface area contributed by atoms with Crippen LogP contribution in [0.25, 0.3) is 11.4 Å². The highest BCUT2D eigenvalue weighted by Crippen LogP contribution is 2.26. The van der Waals surface area contributed by atoms with Gasteiger partial charge in [-0.25, -0.2) is 9.97 Å². The lowest BCUT2D eigenvalue weighted by Crippen LogP contribution is -2.31. The maximum Gasteiger partial charge on any atom is 0.137 e. The molecule has 6 nitrogen and oxygen atoms in total. The lowest BCUT2D eigenvalue weighted by atomic mass is 10.1. The fourth-order valence-corrected chi connectivity index (χ4v) is 3.66. The summed E-state index contributed by atoms with van der Waals surface area (Å²) in [4.78, 5) is 15.2. The van der Waals surface area contributed by atoms with Crippen LogP contribution in [0.5, 0.6) is 5.75 Å². The van der Waals surface area contributed by atoms with Crippen LogP contribution in [-0.2, 0) is 26.1 Å². The van der Waals surface area contributed by atoms with E-state index in [9.17, 15) is 0 Å². The van der Waals surface area contributed by atoms with Crippen molar-refractivity contribution in [1.82, 2.24) is 24.4 Å². The number of aromatic nitrogens is 4. The van der Waals surface area contributed by atoms with E-state index < -0.39 is 0 Å². The summed E-state index contributed by atoms with van der Waals surface area (Å²) in [5, 5.41) is 0. The van der Waals surface area contributed by atoms with E-state index in [0.29, 0.717) is 5.92 Å². The van der Waals surface area contributed by atoms with Crippen molar-refractivity contribution in [3.8, 4) is 17.1 Å². The van der Waals surface area contributed by atoms with Gasteiger partial charge in [0, 0.05) is 44.4 Å². The van der Waals surface area contributed by atoms with E-state index in [-0.39, 0.29) is 0 Å². The second kappa shape index (κ2) is 7.56. The van der Waals surface area contributed by atoms with Gasteiger partial charge in [-0.3, -0.25) is 4.90 Å². The summed E-state index contributed by atoms with van der Waals surface area (Å²) in [5.74, 6) is 2.39. The average molecular weight is 365 g/mol. The molecule has 6 heteroatoms. The average Bonchev–Trinajstić information content (AvgIpc) is 3.28. The number of benzene rings is 1. The van der Waals surface area contributed by atoms with Crippen molar-refractivity contribution in [3.05, 3.63) is 53.9 Å². The largest absolute Gasteiger partial charge is 0.497 e. The Bertz CT molecular complexity index is 911. The summed E-state index contributed by atoms with van der Waals surface area (Å²) in [6, 6.07) is 8.04. The number of hydrogen-bond acceptors (Lipinski definition) is 4. The molecule has 2 aromatic heterocycles. The second-order valence-electron chi connectivity index (χ2n) is 7.63. The summed E-state index contributed by atoms with van der Waals surface area (Å²) in [5.41, 5.74) is 4.73. The van der Waals surface area contributed by atoms with Gasteiger partial charge in [0.05, 0.1) is 30.5 Å². The monoisotopic (exact) mass is 365 g/mol. The summed E-state index contributed by atoms with van der Waals surface area (Å²) in [7, 11) is 1.69. The molecule has 0 unspecified atom stereocenters. The first-order chi connectivity index (χ1) is 13.1. The quantitative estimate of drug-likeness (QED) is 0.726. The lowest BCUT2D eigenvalue weighted by Gasteiger charge is -2.26. The minimum Gasteiger partial charge on any atom is -0.497 e. The van der Waals surface area contributed by atoms with E-state index in [0.717, 1.165) is 49.7 Å². The summed E-state index contributed by atoms with van der Waals surface area (Å²) in [6.07, 6.45) is 4.91. The zero-order valence-corrected chi connectivity index (χ0v) is 16.3. The Kier molecular flexibility index (Phi) is 4.99. The maximum atomic E-state index is 5.33. The summed E-state index contributed by atoms with van der Waals surface area (Å²) >= 11 is 0. The number of methoxy groups -OCH3 is 1. The lowest BCUT2D eigenvalue weighted by molar-refractivity contribution is 0.234. The van der Waals surface area contributed by atoms with Gasteiger partial charge in [0.2, 0.25) is 0 Å². The topological polar surface area (TPSA) is 59.0 Å². The van der Waals surface area contributed by atoms with Gasteiger partial charge >= 0.3 is 0 Å². The van der Waals surface area contributed by atoms with Crippen molar-refractivity contribution >= 4 is 0 Å². The van der Waals surface area contributed by atoms with E-state index in [4.69, 9.17) is 9.72 Å². The molecule has 1 aliphatic heterocycles. The molecule has 1 aliphatic rings. The normalized spacial score (nSPS) is 14.5. The van der Waals surface area contributed by atoms with E-state index in [1.165, 1.54) is 17.1 Å². The Morgan fingerprint density at radius 2 is 2.19 bits per heavy atom. The molecular formula is C21H27N5O. The number of ether oxygens (including phenoxy) is 1. The Balaban J connectivity index is 1.49. The number of aromatic amines is 1. The number of nitrogens with one attached hydrogen (secondary N) is 1. The highest BCUT2D eigenvalue weighted by molar-refractivity contribution is 5.58. The van der Waals surface area contributed by atoms with Crippen LogP contribution in [0.3, 0.4) is 0 Å². The van der Waals surface area contributed by atoms with Gasteiger partial charge in [-0.1, -0.05) is 26.0 Å². The second-order valence-corrected chi connectivity index (χ2v) is 7.63. The Hall–Kier alpha value is -2.60. The number of hydrogen-bond donors (Lipinski definition) is 1. The number of nitrogens with zero attached hydrogens (tertiary/aromatic N) is 4. The molecule has 0 saturated heterocycles. The number of rotatable bonds is 6. The van der Waals surface area contributed by atoms with Crippen LogP contribution in [0, 0.1) is 5.92 Å². The van der Waals surface area contributed by atoms with Crippen LogP contribution >= 0.6 is 0 Å². The third kappa shape index (κ3) is 3.90. The van der Waals surface area contributed by atoms with E-state index >= 15 is 0 Å². The van der Waals surface area contributed by atoms with Crippen LogP contribution in [0.4, 0.5) is 0 Å². The van der Waals surface area contributed by atoms with Crippen LogP contribution in [0.2, 0.25) is 0 Å². The first kappa shape index (κ1) is 17.8. The number of imidazole rings is 2. The molecule has 0 bridgehead atoms. The van der Waals surface area contributed by atoms with Crippen molar-refractivity contribution in [1.29, 1.82) is 0 Å². The van der Waals surface area contributed by atoms with Gasteiger partial charge in [0.25, 0.3) is 0 Å². The van der Waals surface area contributed by atoms with Gasteiger partial charge in [0.1, 0.15) is 11.6 Å². The van der Waals surface area contributed by atoms with Gasteiger partial charge in [-0.15, -0.1) is 0 Å². The standard InChI is InChI=1S/C21H27N5O/c1-15(2)11-26-14-22-10-17(26)12-25-8-7-19-20(13-25)24-21(23-19)16-5-4-6-18(9-16)27-3/h4-6,9-10,14-15H,7-8,11-13H2,1-3H3,(H,23,24). The molecule has 0 amide bonds. The minimum absolute atomic E-state index is 0.615. The van der Waals surface area contributed by atoms with Crippen molar-refractivity contribution in [3.63, 3.8) is 0 Å². The fourth-order valence-electron chi connectivity index (χ4n) is 3.66. The van der Waals surface area contributed by atoms with Crippen molar-refractivity contribution in [2.45, 2.75) is 39.9 Å². The van der Waals surface area contributed by atoms with Gasteiger partial charge in [0.15, 0.2) is 0 Å². The summed E-state index contributed by atoms with van der Waals surface area (Å²) < 4.78 is 7.61. The molecule has 0 radical (unpaired) electrons. The van der Waals surface area contributed by atoms with Gasteiger partial charge in [-0.05, 0) is 18.1 Å². The first-order valence-electron chi connectivity index (χ1n) is 9.56. The molecule has 0 fully saturated rings. The van der Waals surface area contributed by atoms with Crippen LogP contribution in [0.15, 0.2) is 36.8 Å². The highest BCUT2D eigenvalue weighted by Gasteiger charge is 2.21. The minimum atomic E-state index is 0.615. The molecule has 0 saturated carbocycles. The van der Waals surface area contributed by atoms with Crippen LogP contribution in [0.1, 0.15) is 30.9 Å². The van der Waals surface area contributed by atoms with E-state index in [1.54, 1.807) is 7.11 Å². The molecule has 1 aromatic carbocycles. The molecule has 142 valence electrons. The molecular weight excluding hydrogens is 338 g/mol. The number of H-pyrrole nitrogens is 1. The molecule has 1 N–H and O–H groups in total. The molecule has 3 aromatic rings. The third-order valence-electron chi connectivity index (χ3n) is 5.00. The van der Waals surface area contributed by atoms with Crippen LogP contribution < -0.4 is 4.74 Å². The van der Waals surface area contributed by atoms with Gasteiger partial charge < -0.3 is 14.3 Å². The highest BCUT2D eigenvalue weighted by atomic mass is 16.5. The zero-order valence-electron chi connectivity index (χ0n) is 16.3. The van der Waals surface area contributed by atoms with E-state index in [1.807, 2.05) is 30.7 Å². The van der Waals surface area contributed by atoms with Crippen molar-refractivity contribution < 1.29 is 4.74 Å². The third-order valence-corrected chi connectivity index (χ3v) is 5.00. The fraction of sp³-hybridized carbons (Fsp3) is 0.429. The Morgan fingerprint density at radius 3 is 3.00 bits per heavy atom. The zero-order chi connectivity index (χ0) is 18.8. The maximum absolute atomic E-state index is 5.33. The molecule has 3 heterocycles. The predicted octanol–water partition coefficient (Wildman–Crippen LogP) is 3.50. The number of fused-ring (bicyclic) bond motifs is 1. The molecule has 0 spiro atoms. The van der Waals surface area contributed by atoms with Crippen molar-refractivity contribution in [2.75, 3.05) is 13.7 Å². The van der Waals surface area contributed by atoms with Gasteiger partial charge in [-0.2, -0.15) is 0 Å². The molecule has 27 heavy (non-hydrogen) atoms. The predicted molar refractivity (Wildman–Crippen MR) is 105 cm³/mol. The van der Waals surface area contributed by atoms with Crippen molar-refractivity contribution in [2.24, 2.45) is 5.92 Å². The smallest absolute Gasteiger partial charge is 0.137 e. The molecule has 4 rings (SSSR count). The molecule has 0 atom stereocenters.